The first-order valence-electron chi connectivity index (χ1n) is 15.7. The average molecular weight is 675 g/mol. The third-order valence-electron chi connectivity index (χ3n) is 9.72. The van der Waals surface area contributed by atoms with Gasteiger partial charge in [-0.05, 0) is 72.1 Å². The number of amides is 4. The number of halogens is 5. The van der Waals surface area contributed by atoms with Crippen LogP contribution in [0, 0.1) is 11.2 Å². The van der Waals surface area contributed by atoms with E-state index in [0.717, 1.165) is 51.8 Å². The Morgan fingerprint density at radius 3 is 2.47 bits per heavy atom. The van der Waals surface area contributed by atoms with E-state index < -0.39 is 54.3 Å². The highest BCUT2D eigenvalue weighted by Crippen LogP contribution is 2.44. The molecule has 2 aromatic carbocycles. The molecular weight excluding hydrogens is 640 g/mol. The Bertz CT molecular complexity index is 1670. The highest BCUT2D eigenvalue weighted by molar-refractivity contribution is 6.30. The molecule has 4 aliphatic rings. The lowest BCUT2D eigenvalue weighted by Crippen LogP contribution is -2.60. The number of alkyl halides is 3. The van der Waals surface area contributed by atoms with Crippen molar-refractivity contribution in [1.29, 1.82) is 0 Å². The van der Waals surface area contributed by atoms with Crippen LogP contribution < -0.4 is 5.32 Å². The molecule has 1 N–H and O–H groups in total. The van der Waals surface area contributed by atoms with Crippen molar-refractivity contribution in [3.8, 4) is 0 Å². The molecule has 0 spiro atoms. The number of hydrogen-bond donors (Lipinski definition) is 1. The molecule has 0 radical (unpaired) electrons. The van der Waals surface area contributed by atoms with Crippen LogP contribution >= 0.6 is 11.6 Å². The Labute approximate surface area is 274 Å². The number of nitrogens with one attached hydrogen (secondary N) is 1. The third-order valence-corrected chi connectivity index (χ3v) is 9.97. The van der Waals surface area contributed by atoms with E-state index in [4.69, 9.17) is 11.6 Å². The summed E-state index contributed by atoms with van der Waals surface area (Å²) in [5.41, 5.74) is 2.67. The smallest absolute Gasteiger partial charge is 0.324 e. The van der Waals surface area contributed by atoms with E-state index in [2.05, 4.69) is 19.2 Å². The molecule has 1 aliphatic carbocycles. The fourth-order valence-electron chi connectivity index (χ4n) is 7.19. The number of fused-ring (bicyclic) bond motifs is 1. The van der Waals surface area contributed by atoms with Crippen LogP contribution in [0.5, 0.6) is 0 Å². The predicted molar refractivity (Wildman–Crippen MR) is 166 cm³/mol. The minimum atomic E-state index is -4.75. The summed E-state index contributed by atoms with van der Waals surface area (Å²) in [6, 6.07) is 6.37. The average Bonchev–Trinajstić information content (AvgIpc) is 3.33. The second-order valence-electron chi connectivity index (χ2n) is 13.6. The van der Waals surface area contributed by atoms with E-state index in [1.807, 2.05) is 12.1 Å². The Balaban J connectivity index is 1.22. The van der Waals surface area contributed by atoms with Gasteiger partial charge in [0.2, 0.25) is 11.8 Å². The molecule has 47 heavy (non-hydrogen) atoms. The monoisotopic (exact) mass is 674 g/mol. The number of nitrogens with zero attached hydrogens (tertiary/aromatic N) is 3. The van der Waals surface area contributed by atoms with Crippen LogP contribution in [0.15, 0.2) is 42.0 Å². The third kappa shape index (κ3) is 6.67. The van der Waals surface area contributed by atoms with Gasteiger partial charge in [-0.3, -0.25) is 29.4 Å². The lowest BCUT2D eigenvalue weighted by molar-refractivity contribution is -0.188. The van der Waals surface area contributed by atoms with Crippen LogP contribution in [0.2, 0.25) is 5.02 Å². The molecule has 2 atom stereocenters. The number of benzene rings is 2. The number of allylic oxidation sites excluding steroid dienone is 1. The minimum absolute atomic E-state index is 0.00523. The quantitative estimate of drug-likeness (QED) is 0.330. The van der Waals surface area contributed by atoms with Gasteiger partial charge < -0.3 is 9.80 Å². The standard InChI is InChI=1S/C34H35ClF4N4O4/c1-33(2)10-9-20(24(15-33)19-3-5-23(35)6-4-19)16-41-11-12-42(27(18-41)34(37,38)39)31(46)21-13-22-17-43(32(47)29(22)25(36)14-21)26-7-8-28(44)40-30(26)45/h3-6,13-14,26-27H,7-12,15-18H2,1-2H3,(H,40,44,45). The minimum Gasteiger partial charge on any atom is -0.324 e. The molecule has 3 heterocycles. The van der Waals surface area contributed by atoms with Crippen molar-refractivity contribution in [2.45, 2.75) is 70.8 Å². The van der Waals surface area contributed by atoms with Gasteiger partial charge in [0.25, 0.3) is 11.8 Å². The summed E-state index contributed by atoms with van der Waals surface area (Å²) in [6.45, 7) is 3.99. The van der Waals surface area contributed by atoms with E-state index in [9.17, 15) is 32.3 Å². The lowest BCUT2D eigenvalue weighted by Gasteiger charge is -2.43. The molecular formula is C34H35ClF4N4O4. The van der Waals surface area contributed by atoms with Crippen LogP contribution in [-0.4, -0.2) is 82.8 Å². The van der Waals surface area contributed by atoms with E-state index in [-0.39, 0.29) is 54.6 Å². The Morgan fingerprint density at radius 1 is 1.06 bits per heavy atom. The summed E-state index contributed by atoms with van der Waals surface area (Å²) in [7, 11) is 0. The summed E-state index contributed by atoms with van der Waals surface area (Å²) in [6.07, 6.45) is -2.27. The fraction of sp³-hybridized carbons (Fsp3) is 0.471. The molecule has 3 aliphatic heterocycles. The maximum Gasteiger partial charge on any atom is 0.410 e. The predicted octanol–water partition coefficient (Wildman–Crippen LogP) is 5.59. The zero-order valence-corrected chi connectivity index (χ0v) is 26.8. The van der Waals surface area contributed by atoms with Crippen LogP contribution in [0.3, 0.4) is 0 Å². The van der Waals surface area contributed by atoms with Gasteiger partial charge in [-0.25, -0.2) is 4.39 Å². The number of piperazine rings is 1. The maximum absolute atomic E-state index is 15.3. The fourth-order valence-corrected chi connectivity index (χ4v) is 7.31. The second kappa shape index (κ2) is 12.4. The zero-order valence-electron chi connectivity index (χ0n) is 26.1. The van der Waals surface area contributed by atoms with Gasteiger partial charge in [0.15, 0.2) is 0 Å². The molecule has 4 amide bonds. The first-order valence-corrected chi connectivity index (χ1v) is 16.0. The molecule has 0 aromatic heterocycles. The highest BCUT2D eigenvalue weighted by Gasteiger charge is 2.49. The summed E-state index contributed by atoms with van der Waals surface area (Å²) >= 11 is 6.11. The Morgan fingerprint density at radius 2 is 1.79 bits per heavy atom. The molecule has 2 aromatic rings. The highest BCUT2D eigenvalue weighted by atomic mass is 35.5. The molecule has 2 fully saturated rings. The van der Waals surface area contributed by atoms with E-state index in [1.165, 1.54) is 6.07 Å². The van der Waals surface area contributed by atoms with Crippen molar-refractivity contribution in [2.75, 3.05) is 26.2 Å². The van der Waals surface area contributed by atoms with Crippen molar-refractivity contribution >= 4 is 40.8 Å². The summed E-state index contributed by atoms with van der Waals surface area (Å²) in [4.78, 5) is 54.2. The molecule has 0 bridgehead atoms. The van der Waals surface area contributed by atoms with Gasteiger partial charge in [-0.2, -0.15) is 13.2 Å². The molecule has 2 unspecified atom stereocenters. The summed E-state index contributed by atoms with van der Waals surface area (Å²) in [5, 5.41) is 2.76. The lowest BCUT2D eigenvalue weighted by atomic mass is 9.72. The van der Waals surface area contributed by atoms with Gasteiger partial charge in [-0.1, -0.05) is 43.2 Å². The van der Waals surface area contributed by atoms with Crippen LogP contribution in [0.1, 0.15) is 77.8 Å². The van der Waals surface area contributed by atoms with Gasteiger partial charge in [0, 0.05) is 49.7 Å². The van der Waals surface area contributed by atoms with Crippen LogP contribution in [0.4, 0.5) is 17.6 Å². The maximum atomic E-state index is 15.3. The molecule has 8 nitrogen and oxygen atoms in total. The SMILES string of the molecule is CC1(C)CCC(CN2CCN(C(=O)c3cc(F)c4c(c3)CN(C3CCC(=O)NC3=O)C4=O)C(C(F)(F)F)C2)=C(c2ccc(Cl)cc2)C1. The zero-order chi connectivity index (χ0) is 33.8. The van der Waals surface area contributed by atoms with E-state index in [0.29, 0.717) is 11.6 Å². The number of hydrogen-bond acceptors (Lipinski definition) is 5. The van der Waals surface area contributed by atoms with Crippen molar-refractivity contribution in [2.24, 2.45) is 5.41 Å². The van der Waals surface area contributed by atoms with Crippen LogP contribution in [0.25, 0.3) is 5.57 Å². The topological polar surface area (TPSA) is 90.0 Å². The van der Waals surface area contributed by atoms with Gasteiger partial charge in [-0.15, -0.1) is 0 Å². The summed E-state index contributed by atoms with van der Waals surface area (Å²) < 4.78 is 58.9. The van der Waals surface area contributed by atoms with Crippen molar-refractivity contribution in [3.63, 3.8) is 0 Å². The van der Waals surface area contributed by atoms with E-state index >= 15 is 4.39 Å². The molecule has 250 valence electrons. The second-order valence-corrected chi connectivity index (χ2v) is 14.0. The number of imide groups is 1. The number of carbonyl (C=O) groups is 4. The number of piperidine rings is 1. The van der Waals surface area contributed by atoms with Crippen molar-refractivity contribution in [3.05, 3.63) is 75.1 Å². The van der Waals surface area contributed by atoms with Gasteiger partial charge in [0.1, 0.15) is 17.9 Å². The largest absolute Gasteiger partial charge is 0.410 e. The number of rotatable bonds is 5. The molecule has 0 saturated carbocycles. The van der Waals surface area contributed by atoms with Crippen molar-refractivity contribution in [1.82, 2.24) is 20.0 Å². The molecule has 2 saturated heterocycles. The molecule has 6 rings (SSSR count). The normalized spacial score (nSPS) is 23.7. The first kappa shape index (κ1) is 33.1. The number of carbonyl (C=O) groups excluding carboxylic acids is 4. The Hall–Kier alpha value is -3.77. The first-order chi connectivity index (χ1) is 22.1. The Kier molecular flexibility index (Phi) is 8.71. The summed E-state index contributed by atoms with van der Waals surface area (Å²) in [5.74, 6) is -3.96. The van der Waals surface area contributed by atoms with Crippen molar-refractivity contribution < 1.29 is 36.7 Å². The van der Waals surface area contributed by atoms with E-state index in [1.54, 1.807) is 17.0 Å². The van der Waals surface area contributed by atoms with Gasteiger partial charge in [0.05, 0.1) is 5.56 Å². The molecule has 13 heteroatoms. The van der Waals surface area contributed by atoms with Crippen LogP contribution in [-0.2, 0) is 16.1 Å². The van der Waals surface area contributed by atoms with Gasteiger partial charge >= 0.3 is 6.18 Å².